The first-order valence-corrected chi connectivity index (χ1v) is 9.15. The van der Waals surface area contributed by atoms with E-state index in [9.17, 15) is 4.39 Å². The minimum atomic E-state index is -0.394. The summed E-state index contributed by atoms with van der Waals surface area (Å²) in [5.74, 6) is 0.460. The summed E-state index contributed by atoms with van der Waals surface area (Å²) < 4.78 is 19.4. The molecule has 0 aliphatic carbocycles. The maximum Gasteiger partial charge on any atom is 0.249 e. The van der Waals surface area contributed by atoms with Crippen LogP contribution >= 0.6 is 11.6 Å². The SMILES string of the molecule is Cc1cc(F)ccc1NC(c1ccccc1)c1nnc(-c2ccccc2Cl)o1. The van der Waals surface area contributed by atoms with E-state index < -0.39 is 6.04 Å². The lowest BCUT2D eigenvalue weighted by Gasteiger charge is -2.18. The van der Waals surface area contributed by atoms with E-state index in [1.54, 1.807) is 12.1 Å². The van der Waals surface area contributed by atoms with Gasteiger partial charge in [-0.05, 0) is 48.4 Å². The third-order valence-electron chi connectivity index (χ3n) is 4.41. The van der Waals surface area contributed by atoms with Gasteiger partial charge in [-0.1, -0.05) is 54.1 Å². The van der Waals surface area contributed by atoms with E-state index in [1.807, 2.05) is 55.5 Å². The van der Waals surface area contributed by atoms with E-state index in [4.69, 9.17) is 16.0 Å². The lowest BCUT2D eigenvalue weighted by molar-refractivity contribution is 0.494. The van der Waals surface area contributed by atoms with Crippen LogP contribution in [0.5, 0.6) is 0 Å². The molecule has 4 aromatic rings. The Morgan fingerprint density at radius 1 is 0.964 bits per heavy atom. The van der Waals surface area contributed by atoms with Crippen LogP contribution in [0.15, 0.2) is 77.2 Å². The van der Waals surface area contributed by atoms with Crippen molar-refractivity contribution in [1.82, 2.24) is 10.2 Å². The number of anilines is 1. The van der Waals surface area contributed by atoms with E-state index in [-0.39, 0.29) is 5.82 Å². The quantitative estimate of drug-likeness (QED) is 0.449. The minimum Gasteiger partial charge on any atom is -0.418 e. The Labute approximate surface area is 167 Å². The Morgan fingerprint density at radius 2 is 1.71 bits per heavy atom. The zero-order chi connectivity index (χ0) is 19.5. The summed E-state index contributed by atoms with van der Waals surface area (Å²) in [5, 5.41) is 12.3. The molecule has 1 heterocycles. The van der Waals surface area contributed by atoms with Crippen molar-refractivity contribution in [2.45, 2.75) is 13.0 Å². The Morgan fingerprint density at radius 3 is 2.46 bits per heavy atom. The molecule has 0 radical (unpaired) electrons. The van der Waals surface area contributed by atoms with Gasteiger partial charge in [0.25, 0.3) is 0 Å². The van der Waals surface area contributed by atoms with Gasteiger partial charge in [0.05, 0.1) is 10.6 Å². The van der Waals surface area contributed by atoms with Gasteiger partial charge in [-0.15, -0.1) is 10.2 Å². The Hall–Kier alpha value is -3.18. The second-order valence-corrected chi connectivity index (χ2v) is 6.78. The number of aromatic nitrogens is 2. The van der Waals surface area contributed by atoms with Gasteiger partial charge >= 0.3 is 0 Å². The van der Waals surface area contributed by atoms with Crippen LogP contribution in [0.4, 0.5) is 10.1 Å². The Bertz CT molecular complexity index is 1100. The highest BCUT2D eigenvalue weighted by Gasteiger charge is 2.22. The van der Waals surface area contributed by atoms with E-state index in [2.05, 4.69) is 15.5 Å². The summed E-state index contributed by atoms with van der Waals surface area (Å²) >= 11 is 6.25. The standard InChI is InChI=1S/C22H17ClFN3O/c1-14-13-16(24)11-12-19(14)25-20(15-7-3-2-4-8-15)22-27-26-21(28-22)17-9-5-6-10-18(17)23/h2-13,20,25H,1H3. The van der Waals surface area contributed by atoms with Gasteiger partial charge in [-0.2, -0.15) is 0 Å². The second kappa shape index (κ2) is 7.82. The largest absolute Gasteiger partial charge is 0.418 e. The van der Waals surface area contributed by atoms with Gasteiger partial charge in [0.15, 0.2) is 0 Å². The number of aryl methyl sites for hydroxylation is 1. The summed E-state index contributed by atoms with van der Waals surface area (Å²) in [7, 11) is 0. The molecule has 3 aromatic carbocycles. The van der Waals surface area contributed by atoms with E-state index in [0.29, 0.717) is 22.4 Å². The molecule has 0 bridgehead atoms. The highest BCUT2D eigenvalue weighted by molar-refractivity contribution is 6.33. The molecule has 0 aliphatic rings. The van der Waals surface area contributed by atoms with E-state index in [0.717, 1.165) is 16.8 Å². The average Bonchev–Trinajstić information content (AvgIpc) is 3.18. The zero-order valence-electron chi connectivity index (χ0n) is 15.1. The lowest BCUT2D eigenvalue weighted by atomic mass is 10.1. The molecular formula is C22H17ClFN3O. The molecule has 1 aromatic heterocycles. The highest BCUT2D eigenvalue weighted by atomic mass is 35.5. The lowest BCUT2D eigenvalue weighted by Crippen LogP contribution is -2.13. The molecule has 0 fully saturated rings. The predicted octanol–water partition coefficient (Wildman–Crippen LogP) is 6.04. The highest BCUT2D eigenvalue weighted by Crippen LogP contribution is 2.31. The van der Waals surface area contributed by atoms with Crippen LogP contribution in [0, 0.1) is 12.7 Å². The number of benzene rings is 3. The van der Waals surface area contributed by atoms with Crippen molar-refractivity contribution in [1.29, 1.82) is 0 Å². The van der Waals surface area contributed by atoms with Gasteiger partial charge in [-0.25, -0.2) is 4.39 Å². The maximum atomic E-state index is 13.5. The molecule has 0 aliphatic heterocycles. The van der Waals surface area contributed by atoms with Crippen molar-refractivity contribution < 1.29 is 8.81 Å². The number of nitrogens with zero attached hydrogens (tertiary/aromatic N) is 2. The van der Waals surface area contributed by atoms with Crippen molar-refractivity contribution in [3.63, 3.8) is 0 Å². The molecular weight excluding hydrogens is 377 g/mol. The van der Waals surface area contributed by atoms with Crippen molar-refractivity contribution in [2.24, 2.45) is 0 Å². The minimum absolute atomic E-state index is 0.280. The summed E-state index contributed by atoms with van der Waals surface area (Å²) in [6, 6.07) is 21.3. The summed E-state index contributed by atoms with van der Waals surface area (Å²) in [5.41, 5.74) is 3.19. The van der Waals surface area contributed by atoms with Gasteiger partial charge in [-0.3, -0.25) is 0 Å². The molecule has 0 amide bonds. The number of halogens is 2. The van der Waals surface area contributed by atoms with Crippen LogP contribution < -0.4 is 5.32 Å². The van der Waals surface area contributed by atoms with Crippen LogP contribution in [0.1, 0.15) is 23.1 Å². The Balaban J connectivity index is 1.73. The molecule has 28 heavy (non-hydrogen) atoms. The molecule has 140 valence electrons. The summed E-state index contributed by atoms with van der Waals surface area (Å²) in [6.45, 7) is 1.84. The number of hydrogen-bond acceptors (Lipinski definition) is 4. The van der Waals surface area contributed by atoms with Crippen LogP contribution in [-0.4, -0.2) is 10.2 Å². The first kappa shape index (κ1) is 18.2. The smallest absolute Gasteiger partial charge is 0.249 e. The molecule has 4 nitrogen and oxygen atoms in total. The molecule has 6 heteroatoms. The number of nitrogens with one attached hydrogen (secondary N) is 1. The van der Waals surface area contributed by atoms with Crippen molar-refractivity contribution >= 4 is 17.3 Å². The molecule has 0 saturated heterocycles. The fourth-order valence-electron chi connectivity index (χ4n) is 2.97. The average molecular weight is 394 g/mol. The van der Waals surface area contributed by atoms with Crippen LogP contribution in [0.3, 0.4) is 0 Å². The summed E-state index contributed by atoms with van der Waals surface area (Å²) in [4.78, 5) is 0. The van der Waals surface area contributed by atoms with Crippen LogP contribution in [-0.2, 0) is 0 Å². The van der Waals surface area contributed by atoms with Gasteiger partial charge in [0.2, 0.25) is 11.8 Å². The first-order valence-electron chi connectivity index (χ1n) is 8.78. The predicted molar refractivity (Wildman–Crippen MR) is 108 cm³/mol. The second-order valence-electron chi connectivity index (χ2n) is 6.37. The monoisotopic (exact) mass is 393 g/mol. The third kappa shape index (κ3) is 3.75. The fourth-order valence-corrected chi connectivity index (χ4v) is 3.19. The molecule has 1 atom stereocenters. The molecule has 4 rings (SSSR count). The molecule has 1 unspecified atom stereocenters. The molecule has 1 N–H and O–H groups in total. The molecule has 0 saturated carbocycles. The maximum absolute atomic E-state index is 13.5. The summed E-state index contributed by atoms with van der Waals surface area (Å²) in [6.07, 6.45) is 0. The van der Waals surface area contributed by atoms with Crippen molar-refractivity contribution in [3.05, 3.63) is 101 Å². The van der Waals surface area contributed by atoms with Gasteiger partial charge < -0.3 is 9.73 Å². The van der Waals surface area contributed by atoms with Gasteiger partial charge in [0.1, 0.15) is 11.9 Å². The van der Waals surface area contributed by atoms with E-state index >= 15 is 0 Å². The third-order valence-corrected chi connectivity index (χ3v) is 4.74. The normalized spacial score (nSPS) is 12.0. The van der Waals surface area contributed by atoms with Crippen molar-refractivity contribution in [2.75, 3.05) is 5.32 Å². The first-order chi connectivity index (χ1) is 13.6. The van der Waals surface area contributed by atoms with Crippen LogP contribution in [0.25, 0.3) is 11.5 Å². The molecule has 0 spiro atoms. The van der Waals surface area contributed by atoms with Gasteiger partial charge in [0, 0.05) is 5.69 Å². The number of hydrogen-bond donors (Lipinski definition) is 1. The number of rotatable bonds is 5. The topological polar surface area (TPSA) is 51.0 Å². The van der Waals surface area contributed by atoms with E-state index in [1.165, 1.54) is 12.1 Å². The fraction of sp³-hybridized carbons (Fsp3) is 0.0909. The zero-order valence-corrected chi connectivity index (χ0v) is 15.8. The van der Waals surface area contributed by atoms with Crippen LogP contribution in [0.2, 0.25) is 5.02 Å². The Kier molecular flexibility index (Phi) is 5.08. The van der Waals surface area contributed by atoms with Crippen molar-refractivity contribution in [3.8, 4) is 11.5 Å².